The number of rotatable bonds is 6. The average Bonchev–Trinajstić information content (AvgIpc) is 3.07. The first-order valence-electron chi connectivity index (χ1n) is 12.7. The topological polar surface area (TPSA) is 58.6 Å². The zero-order chi connectivity index (χ0) is 23.5. The summed E-state index contributed by atoms with van der Waals surface area (Å²) in [6, 6.07) is 7.49. The van der Waals surface area contributed by atoms with Crippen LogP contribution in [-0.4, -0.2) is 54.1 Å². The Kier molecular flexibility index (Phi) is 6.99. The third-order valence-corrected chi connectivity index (χ3v) is 8.24. The van der Waals surface area contributed by atoms with Crippen molar-refractivity contribution in [3.8, 4) is 5.75 Å². The SMILES string of the molecule is CCCCc1nc(N2CCN(C(=O)c3ccccc3OC)CC2)c2c3c(sc2n1)CCCCC3. The number of aromatic nitrogens is 2. The smallest absolute Gasteiger partial charge is 0.257 e. The maximum Gasteiger partial charge on any atom is 0.257 e. The van der Waals surface area contributed by atoms with Gasteiger partial charge in [0, 0.05) is 37.5 Å². The predicted octanol–water partition coefficient (Wildman–Crippen LogP) is 5.27. The van der Waals surface area contributed by atoms with Crippen LogP contribution in [0.5, 0.6) is 5.75 Å². The van der Waals surface area contributed by atoms with E-state index in [1.165, 1.54) is 41.5 Å². The van der Waals surface area contributed by atoms with E-state index in [0.29, 0.717) is 24.4 Å². The first kappa shape index (κ1) is 23.1. The Morgan fingerprint density at radius 1 is 1.06 bits per heavy atom. The van der Waals surface area contributed by atoms with E-state index in [9.17, 15) is 4.79 Å². The fourth-order valence-corrected chi connectivity index (χ4v) is 6.42. The molecule has 6 nitrogen and oxygen atoms in total. The molecule has 1 aliphatic heterocycles. The summed E-state index contributed by atoms with van der Waals surface area (Å²) in [5.74, 6) is 2.74. The van der Waals surface area contributed by atoms with Gasteiger partial charge in [-0.2, -0.15) is 0 Å². The molecule has 0 bridgehead atoms. The van der Waals surface area contributed by atoms with Gasteiger partial charge in [0.1, 0.15) is 22.2 Å². The molecule has 1 amide bonds. The zero-order valence-corrected chi connectivity index (χ0v) is 21.1. The summed E-state index contributed by atoms with van der Waals surface area (Å²) in [7, 11) is 1.62. The van der Waals surface area contributed by atoms with E-state index in [0.717, 1.165) is 55.2 Å². The van der Waals surface area contributed by atoms with Gasteiger partial charge in [0.25, 0.3) is 5.91 Å². The lowest BCUT2D eigenvalue weighted by Gasteiger charge is -2.36. The molecule has 7 heteroatoms. The Bertz CT molecular complexity index is 1170. The first-order chi connectivity index (χ1) is 16.7. The summed E-state index contributed by atoms with van der Waals surface area (Å²) in [5, 5.41) is 1.28. The van der Waals surface area contributed by atoms with Crippen LogP contribution in [0.3, 0.4) is 0 Å². The predicted molar refractivity (Wildman–Crippen MR) is 138 cm³/mol. The highest BCUT2D eigenvalue weighted by Crippen LogP contribution is 2.39. The van der Waals surface area contributed by atoms with Gasteiger partial charge < -0.3 is 14.5 Å². The molecule has 0 N–H and O–H groups in total. The number of carbonyl (C=O) groups excluding carboxylic acids is 1. The molecule has 1 aliphatic carbocycles. The summed E-state index contributed by atoms with van der Waals surface area (Å²) in [5.41, 5.74) is 2.12. The second-order valence-corrected chi connectivity index (χ2v) is 10.4. The number of benzene rings is 1. The number of carbonyl (C=O) groups is 1. The van der Waals surface area contributed by atoms with Crippen LogP contribution in [0.2, 0.25) is 0 Å². The summed E-state index contributed by atoms with van der Waals surface area (Å²) in [4.78, 5) is 30.3. The lowest BCUT2D eigenvalue weighted by atomic mass is 10.1. The standard InChI is InChI=1S/C27H34N4O2S/c1-3-4-14-23-28-25(24-20-11-6-5-7-13-22(20)34-26(24)29-23)30-15-17-31(18-16-30)27(32)19-10-8-9-12-21(19)33-2/h8-10,12H,3-7,11,13-18H2,1-2H3. The fourth-order valence-electron chi connectivity index (χ4n) is 5.15. The van der Waals surface area contributed by atoms with Gasteiger partial charge in [-0.1, -0.05) is 31.9 Å². The van der Waals surface area contributed by atoms with E-state index in [1.807, 2.05) is 40.5 Å². The van der Waals surface area contributed by atoms with Gasteiger partial charge in [0.05, 0.1) is 18.1 Å². The molecule has 3 aromatic rings. The van der Waals surface area contributed by atoms with E-state index in [1.54, 1.807) is 7.11 Å². The van der Waals surface area contributed by atoms with Crippen LogP contribution in [0.1, 0.15) is 65.7 Å². The van der Waals surface area contributed by atoms with Gasteiger partial charge in [-0.3, -0.25) is 4.79 Å². The van der Waals surface area contributed by atoms with Crippen molar-refractivity contribution in [1.29, 1.82) is 0 Å². The maximum atomic E-state index is 13.2. The molecule has 2 aromatic heterocycles. The Morgan fingerprint density at radius 2 is 1.85 bits per heavy atom. The first-order valence-corrected chi connectivity index (χ1v) is 13.5. The summed E-state index contributed by atoms with van der Waals surface area (Å²) >= 11 is 1.89. The minimum Gasteiger partial charge on any atom is -0.496 e. The normalized spacial score (nSPS) is 16.4. The summed E-state index contributed by atoms with van der Waals surface area (Å²) in [6.07, 6.45) is 9.30. The minimum atomic E-state index is 0.0398. The Hall–Kier alpha value is -2.67. The van der Waals surface area contributed by atoms with Gasteiger partial charge in [-0.25, -0.2) is 9.97 Å². The van der Waals surface area contributed by atoms with Crippen LogP contribution < -0.4 is 9.64 Å². The van der Waals surface area contributed by atoms with E-state index in [2.05, 4.69) is 11.8 Å². The lowest BCUT2D eigenvalue weighted by Crippen LogP contribution is -2.49. The van der Waals surface area contributed by atoms with Crippen LogP contribution in [0, 0.1) is 0 Å². The molecule has 1 fully saturated rings. The molecule has 34 heavy (non-hydrogen) atoms. The van der Waals surface area contributed by atoms with Crippen LogP contribution in [-0.2, 0) is 19.3 Å². The molecule has 3 heterocycles. The highest BCUT2D eigenvalue weighted by molar-refractivity contribution is 7.19. The molecule has 0 unspecified atom stereocenters. The fraction of sp³-hybridized carbons (Fsp3) is 0.519. The molecule has 5 rings (SSSR count). The molecule has 0 atom stereocenters. The number of piperazine rings is 1. The van der Waals surface area contributed by atoms with Gasteiger partial charge in [0.15, 0.2) is 0 Å². The summed E-state index contributed by atoms with van der Waals surface area (Å²) in [6.45, 7) is 5.14. The molecule has 0 spiro atoms. The van der Waals surface area contributed by atoms with Crippen LogP contribution in [0.25, 0.3) is 10.2 Å². The van der Waals surface area contributed by atoms with E-state index in [-0.39, 0.29) is 5.91 Å². The van der Waals surface area contributed by atoms with Crippen molar-refractivity contribution >= 4 is 33.3 Å². The van der Waals surface area contributed by atoms with E-state index < -0.39 is 0 Å². The van der Waals surface area contributed by atoms with Gasteiger partial charge in [-0.05, 0) is 49.8 Å². The van der Waals surface area contributed by atoms with Crippen molar-refractivity contribution < 1.29 is 9.53 Å². The number of unbranched alkanes of at least 4 members (excludes halogenated alkanes) is 1. The molecule has 0 saturated carbocycles. The number of hydrogen-bond donors (Lipinski definition) is 0. The van der Waals surface area contributed by atoms with Gasteiger partial charge in [-0.15, -0.1) is 11.3 Å². The monoisotopic (exact) mass is 478 g/mol. The lowest BCUT2D eigenvalue weighted by molar-refractivity contribution is 0.0743. The second-order valence-electron chi connectivity index (χ2n) is 9.29. The quantitative estimate of drug-likeness (QED) is 0.452. The van der Waals surface area contributed by atoms with Crippen molar-refractivity contribution in [3.63, 3.8) is 0 Å². The van der Waals surface area contributed by atoms with Crippen molar-refractivity contribution in [1.82, 2.24) is 14.9 Å². The Labute approximate surface area is 206 Å². The number of fused-ring (bicyclic) bond motifs is 3. The van der Waals surface area contributed by atoms with Crippen LogP contribution in [0.15, 0.2) is 24.3 Å². The Balaban J connectivity index is 1.42. The van der Waals surface area contributed by atoms with Crippen LogP contribution >= 0.6 is 11.3 Å². The third kappa shape index (κ3) is 4.50. The number of ether oxygens (including phenoxy) is 1. The molecule has 2 aliphatic rings. The largest absolute Gasteiger partial charge is 0.496 e. The minimum absolute atomic E-state index is 0.0398. The number of hydrogen-bond acceptors (Lipinski definition) is 6. The second kappa shape index (κ2) is 10.3. The van der Waals surface area contributed by atoms with Crippen molar-refractivity contribution in [2.45, 2.75) is 58.3 Å². The number of methoxy groups -OCH3 is 1. The third-order valence-electron chi connectivity index (χ3n) is 7.05. The number of amides is 1. The van der Waals surface area contributed by atoms with Crippen molar-refractivity contribution in [2.75, 3.05) is 38.2 Å². The molecule has 1 saturated heterocycles. The van der Waals surface area contributed by atoms with E-state index in [4.69, 9.17) is 14.7 Å². The highest BCUT2D eigenvalue weighted by atomic mass is 32.1. The number of aryl methyl sites for hydroxylation is 3. The molecule has 180 valence electrons. The zero-order valence-electron chi connectivity index (χ0n) is 20.3. The molecule has 0 radical (unpaired) electrons. The van der Waals surface area contributed by atoms with Gasteiger partial charge >= 0.3 is 0 Å². The molecular formula is C27H34N4O2S. The van der Waals surface area contributed by atoms with Crippen molar-refractivity contribution in [3.05, 3.63) is 46.1 Å². The maximum absolute atomic E-state index is 13.2. The van der Waals surface area contributed by atoms with Crippen LogP contribution in [0.4, 0.5) is 5.82 Å². The number of para-hydroxylation sites is 1. The number of anilines is 1. The Morgan fingerprint density at radius 3 is 2.65 bits per heavy atom. The highest BCUT2D eigenvalue weighted by Gasteiger charge is 2.28. The molecule has 1 aromatic carbocycles. The van der Waals surface area contributed by atoms with Crippen molar-refractivity contribution in [2.24, 2.45) is 0 Å². The summed E-state index contributed by atoms with van der Waals surface area (Å²) < 4.78 is 5.42. The van der Waals surface area contributed by atoms with Gasteiger partial charge in [0.2, 0.25) is 0 Å². The average molecular weight is 479 g/mol. The number of thiophene rings is 1. The number of nitrogens with zero attached hydrogens (tertiary/aromatic N) is 4. The molecular weight excluding hydrogens is 444 g/mol. The van der Waals surface area contributed by atoms with E-state index >= 15 is 0 Å².